The summed E-state index contributed by atoms with van der Waals surface area (Å²) in [6.07, 6.45) is 2.17. The molecule has 0 aliphatic heterocycles. The van der Waals surface area contributed by atoms with Crippen LogP contribution in [0.3, 0.4) is 0 Å². The highest BCUT2D eigenvalue weighted by molar-refractivity contribution is 6.21. The van der Waals surface area contributed by atoms with Crippen molar-refractivity contribution in [2.45, 2.75) is 24.6 Å². The van der Waals surface area contributed by atoms with Crippen LogP contribution in [0.1, 0.15) is 29.3 Å². The molecule has 0 spiro atoms. The lowest BCUT2D eigenvalue weighted by Gasteiger charge is -2.21. The summed E-state index contributed by atoms with van der Waals surface area (Å²) in [5, 5.41) is -0.362. The molecule has 1 aliphatic rings. The SMILES string of the molecule is Fc1ccc(F)c2c1CCCC2Cl. The lowest BCUT2D eigenvalue weighted by molar-refractivity contribution is 0.533. The summed E-state index contributed by atoms with van der Waals surface area (Å²) >= 11 is 5.92. The molecule has 1 aromatic rings. The number of hydrogen-bond donors (Lipinski definition) is 0. The van der Waals surface area contributed by atoms with E-state index in [0.29, 0.717) is 17.5 Å². The predicted octanol–water partition coefficient (Wildman–Crippen LogP) is 3.58. The van der Waals surface area contributed by atoms with E-state index in [4.69, 9.17) is 11.6 Å². The van der Waals surface area contributed by atoms with E-state index in [2.05, 4.69) is 0 Å². The van der Waals surface area contributed by atoms with Crippen LogP contribution in [0.4, 0.5) is 8.78 Å². The summed E-state index contributed by atoms with van der Waals surface area (Å²) < 4.78 is 26.5. The molecule has 0 aromatic heterocycles. The summed E-state index contributed by atoms with van der Waals surface area (Å²) in [6, 6.07) is 2.32. The van der Waals surface area contributed by atoms with Gasteiger partial charge in [-0.3, -0.25) is 0 Å². The van der Waals surface area contributed by atoms with E-state index in [1.54, 1.807) is 0 Å². The van der Waals surface area contributed by atoms with Crippen LogP contribution < -0.4 is 0 Å². The van der Waals surface area contributed by atoms with Gasteiger partial charge in [0.25, 0.3) is 0 Å². The Labute approximate surface area is 80.5 Å². The number of benzene rings is 1. The lowest BCUT2D eigenvalue weighted by Crippen LogP contribution is -2.10. The molecule has 0 saturated heterocycles. The zero-order chi connectivity index (χ0) is 9.42. The quantitative estimate of drug-likeness (QED) is 0.564. The predicted molar refractivity (Wildman–Crippen MR) is 47.9 cm³/mol. The van der Waals surface area contributed by atoms with Crippen LogP contribution in [0.2, 0.25) is 0 Å². The molecule has 3 heteroatoms. The largest absolute Gasteiger partial charge is 0.207 e. The van der Waals surface area contributed by atoms with Crippen LogP contribution in [-0.2, 0) is 6.42 Å². The van der Waals surface area contributed by atoms with Crippen LogP contribution >= 0.6 is 11.6 Å². The van der Waals surface area contributed by atoms with Crippen molar-refractivity contribution in [3.05, 3.63) is 34.9 Å². The fraction of sp³-hybridized carbons (Fsp3) is 0.400. The van der Waals surface area contributed by atoms with E-state index in [-0.39, 0.29) is 17.0 Å². The topological polar surface area (TPSA) is 0 Å². The van der Waals surface area contributed by atoms with Crippen molar-refractivity contribution in [1.82, 2.24) is 0 Å². The Morgan fingerprint density at radius 1 is 1.23 bits per heavy atom. The van der Waals surface area contributed by atoms with Gasteiger partial charge in [-0.1, -0.05) is 0 Å². The molecule has 0 heterocycles. The second kappa shape index (κ2) is 3.26. The van der Waals surface area contributed by atoms with Gasteiger partial charge in [0.1, 0.15) is 11.6 Å². The van der Waals surface area contributed by atoms with Crippen LogP contribution in [0.25, 0.3) is 0 Å². The Bertz CT molecular complexity index is 336. The summed E-state index contributed by atoms with van der Waals surface area (Å²) in [6.45, 7) is 0. The molecule has 0 nitrogen and oxygen atoms in total. The second-order valence-electron chi connectivity index (χ2n) is 3.28. The summed E-state index contributed by atoms with van der Waals surface area (Å²) in [4.78, 5) is 0. The van der Waals surface area contributed by atoms with E-state index in [0.717, 1.165) is 18.9 Å². The van der Waals surface area contributed by atoms with Gasteiger partial charge < -0.3 is 0 Å². The normalized spacial score (nSPS) is 21.3. The van der Waals surface area contributed by atoms with Crippen molar-refractivity contribution < 1.29 is 8.78 Å². The van der Waals surface area contributed by atoms with Crippen molar-refractivity contribution >= 4 is 11.6 Å². The molecule has 1 aliphatic carbocycles. The third-order valence-corrected chi connectivity index (χ3v) is 2.88. The summed E-state index contributed by atoms with van der Waals surface area (Å²) in [7, 11) is 0. The van der Waals surface area contributed by atoms with Gasteiger partial charge in [-0.25, -0.2) is 8.78 Å². The molecule has 0 bridgehead atoms. The Morgan fingerprint density at radius 3 is 2.62 bits per heavy atom. The van der Waals surface area contributed by atoms with Gasteiger partial charge in [-0.15, -0.1) is 11.6 Å². The highest BCUT2D eigenvalue weighted by Crippen LogP contribution is 2.37. The van der Waals surface area contributed by atoms with E-state index < -0.39 is 0 Å². The fourth-order valence-electron chi connectivity index (χ4n) is 1.80. The van der Waals surface area contributed by atoms with Crippen LogP contribution in [0.15, 0.2) is 12.1 Å². The minimum atomic E-state index is -0.379. The number of hydrogen-bond acceptors (Lipinski definition) is 0. The first-order valence-corrected chi connectivity index (χ1v) is 4.74. The number of rotatable bonds is 0. The smallest absolute Gasteiger partial charge is 0.128 e. The highest BCUT2D eigenvalue weighted by atomic mass is 35.5. The first-order chi connectivity index (χ1) is 6.20. The lowest BCUT2D eigenvalue weighted by atomic mass is 9.90. The van der Waals surface area contributed by atoms with Crippen molar-refractivity contribution in [3.8, 4) is 0 Å². The first-order valence-electron chi connectivity index (χ1n) is 4.31. The Balaban J connectivity index is 2.60. The van der Waals surface area contributed by atoms with Crippen molar-refractivity contribution in [1.29, 1.82) is 0 Å². The van der Waals surface area contributed by atoms with Gasteiger partial charge >= 0.3 is 0 Å². The summed E-state index contributed by atoms with van der Waals surface area (Å²) in [5.74, 6) is -0.710. The van der Waals surface area contributed by atoms with Crippen LogP contribution in [0, 0.1) is 11.6 Å². The minimum absolute atomic E-state index is 0.332. The Hall–Kier alpha value is -0.630. The summed E-state index contributed by atoms with van der Waals surface area (Å²) in [5.41, 5.74) is 0.833. The molecule has 1 atom stereocenters. The van der Waals surface area contributed by atoms with Gasteiger partial charge in [-0.2, -0.15) is 0 Å². The molecule has 0 saturated carbocycles. The average molecular weight is 203 g/mol. The average Bonchev–Trinajstić information content (AvgIpc) is 2.12. The second-order valence-corrected chi connectivity index (χ2v) is 3.81. The molecular formula is C10H9ClF2. The molecule has 0 amide bonds. The molecule has 70 valence electrons. The van der Waals surface area contributed by atoms with Crippen molar-refractivity contribution in [3.63, 3.8) is 0 Å². The molecule has 1 aromatic carbocycles. The first kappa shape index (κ1) is 8.95. The van der Waals surface area contributed by atoms with Crippen molar-refractivity contribution in [2.75, 3.05) is 0 Å². The van der Waals surface area contributed by atoms with Gasteiger partial charge in [0.15, 0.2) is 0 Å². The van der Waals surface area contributed by atoms with Gasteiger partial charge in [0, 0.05) is 5.56 Å². The van der Waals surface area contributed by atoms with Crippen molar-refractivity contribution in [2.24, 2.45) is 0 Å². The highest BCUT2D eigenvalue weighted by Gasteiger charge is 2.24. The molecule has 2 rings (SSSR count). The Morgan fingerprint density at radius 2 is 1.92 bits per heavy atom. The standard InChI is InChI=1S/C10H9ClF2/c11-7-3-1-2-6-8(12)4-5-9(13)10(6)7/h4-5,7H,1-3H2. The Kier molecular flexibility index (Phi) is 2.24. The molecule has 0 radical (unpaired) electrons. The zero-order valence-corrected chi connectivity index (χ0v) is 7.74. The third kappa shape index (κ3) is 1.44. The minimum Gasteiger partial charge on any atom is -0.207 e. The van der Waals surface area contributed by atoms with Gasteiger partial charge in [-0.05, 0) is 37.0 Å². The maximum Gasteiger partial charge on any atom is 0.128 e. The van der Waals surface area contributed by atoms with E-state index in [1.807, 2.05) is 0 Å². The zero-order valence-electron chi connectivity index (χ0n) is 6.99. The fourth-order valence-corrected chi connectivity index (χ4v) is 2.19. The molecule has 1 unspecified atom stereocenters. The number of alkyl halides is 1. The van der Waals surface area contributed by atoms with Gasteiger partial charge in [0.2, 0.25) is 0 Å². The van der Waals surface area contributed by atoms with E-state index >= 15 is 0 Å². The van der Waals surface area contributed by atoms with Crippen LogP contribution in [-0.4, -0.2) is 0 Å². The number of fused-ring (bicyclic) bond motifs is 1. The van der Waals surface area contributed by atoms with E-state index in [1.165, 1.54) is 6.07 Å². The number of halogens is 3. The monoisotopic (exact) mass is 202 g/mol. The van der Waals surface area contributed by atoms with Crippen LogP contribution in [0.5, 0.6) is 0 Å². The van der Waals surface area contributed by atoms with Gasteiger partial charge in [0.05, 0.1) is 5.38 Å². The molecule has 13 heavy (non-hydrogen) atoms. The molecule has 0 fully saturated rings. The molecular weight excluding hydrogens is 194 g/mol. The van der Waals surface area contributed by atoms with E-state index in [9.17, 15) is 8.78 Å². The maximum absolute atomic E-state index is 13.3. The maximum atomic E-state index is 13.3. The third-order valence-electron chi connectivity index (χ3n) is 2.44. The molecule has 0 N–H and O–H groups in total.